The average Bonchev–Trinajstić information content (AvgIpc) is 2.82. The second-order valence-corrected chi connectivity index (χ2v) is 4.59. The Kier molecular flexibility index (Phi) is 3.40. The Morgan fingerprint density at radius 1 is 1.18 bits per heavy atom. The van der Waals surface area contributed by atoms with Crippen LogP contribution < -0.4 is 0 Å². The first kappa shape index (κ1) is 12.4. The number of carbonyl (C=O) groups is 2. The number of amides is 2. The average molecular weight is 253 g/mol. The van der Waals surface area contributed by atoms with Crippen molar-refractivity contribution < 1.29 is 14.3 Å². The van der Waals surface area contributed by atoms with Gasteiger partial charge in [-0.05, 0) is 0 Å². The molecule has 2 amide bonds. The highest BCUT2D eigenvalue weighted by Gasteiger charge is 2.58. The summed E-state index contributed by atoms with van der Waals surface area (Å²) in [6.07, 6.45) is 2.36. The molecule has 0 spiro atoms. The number of hydrogen-bond donors (Lipinski definition) is 1. The van der Waals surface area contributed by atoms with Gasteiger partial charge in [-0.2, -0.15) is 12.6 Å². The van der Waals surface area contributed by atoms with E-state index in [1.165, 1.54) is 4.90 Å². The van der Waals surface area contributed by atoms with Gasteiger partial charge < -0.3 is 4.74 Å². The van der Waals surface area contributed by atoms with Crippen molar-refractivity contribution in [2.75, 3.05) is 12.3 Å². The minimum Gasteiger partial charge on any atom is -0.365 e. The molecule has 0 aromatic carbocycles. The van der Waals surface area contributed by atoms with E-state index in [0.29, 0.717) is 12.3 Å². The molecular weight excluding hydrogens is 238 g/mol. The van der Waals surface area contributed by atoms with Gasteiger partial charge >= 0.3 is 0 Å². The van der Waals surface area contributed by atoms with Crippen molar-refractivity contribution in [1.82, 2.24) is 4.90 Å². The minimum absolute atomic E-state index is 0.177. The monoisotopic (exact) mass is 253 g/mol. The largest absolute Gasteiger partial charge is 0.365 e. The summed E-state index contributed by atoms with van der Waals surface area (Å²) in [6, 6.07) is 0. The third kappa shape index (κ3) is 1.73. The smallest absolute Gasteiger partial charge is 0.236 e. The maximum Gasteiger partial charge on any atom is 0.236 e. The molecule has 2 heterocycles. The van der Waals surface area contributed by atoms with Crippen LogP contribution in [0.1, 0.15) is 0 Å². The van der Waals surface area contributed by atoms with E-state index in [4.69, 9.17) is 4.74 Å². The zero-order valence-corrected chi connectivity index (χ0v) is 10.3. The maximum absolute atomic E-state index is 12.1. The van der Waals surface area contributed by atoms with E-state index < -0.39 is 24.0 Å². The van der Waals surface area contributed by atoms with Crippen molar-refractivity contribution in [3.8, 4) is 0 Å². The minimum atomic E-state index is -0.442. The summed E-state index contributed by atoms with van der Waals surface area (Å²) in [6.45, 7) is 7.64. The second-order valence-electron chi connectivity index (χ2n) is 4.14. The Balaban J connectivity index is 2.32. The van der Waals surface area contributed by atoms with E-state index in [2.05, 4.69) is 25.8 Å². The Hall–Kier alpha value is -1.07. The predicted octanol–water partition coefficient (Wildman–Crippen LogP) is 0.657. The molecule has 92 valence electrons. The Labute approximate surface area is 106 Å². The van der Waals surface area contributed by atoms with Gasteiger partial charge in [0, 0.05) is 12.3 Å². The topological polar surface area (TPSA) is 46.6 Å². The van der Waals surface area contributed by atoms with Crippen LogP contribution in [0.25, 0.3) is 0 Å². The van der Waals surface area contributed by atoms with Crippen LogP contribution in [-0.2, 0) is 14.3 Å². The molecule has 0 aromatic rings. The first-order valence-electron chi connectivity index (χ1n) is 5.52. The van der Waals surface area contributed by atoms with Crippen molar-refractivity contribution in [3.63, 3.8) is 0 Å². The van der Waals surface area contributed by atoms with Crippen molar-refractivity contribution in [3.05, 3.63) is 25.3 Å². The molecule has 4 unspecified atom stereocenters. The van der Waals surface area contributed by atoms with Crippen molar-refractivity contribution in [1.29, 1.82) is 0 Å². The first-order chi connectivity index (χ1) is 8.15. The molecular formula is C12H15NO3S. The summed E-state index contributed by atoms with van der Waals surface area (Å²) in [5.74, 6) is -0.771. The lowest BCUT2D eigenvalue weighted by Crippen LogP contribution is -2.36. The molecule has 0 N–H and O–H groups in total. The van der Waals surface area contributed by atoms with Gasteiger partial charge in [-0.3, -0.25) is 14.5 Å². The molecule has 17 heavy (non-hydrogen) atoms. The lowest BCUT2D eigenvalue weighted by molar-refractivity contribution is -0.142. The molecule has 0 aromatic heterocycles. The Morgan fingerprint density at radius 2 is 1.65 bits per heavy atom. The molecule has 2 fully saturated rings. The molecule has 2 aliphatic rings. The highest BCUT2D eigenvalue weighted by molar-refractivity contribution is 7.80. The number of fused-ring (bicyclic) bond motifs is 1. The van der Waals surface area contributed by atoms with Crippen LogP contribution in [0.15, 0.2) is 25.3 Å². The van der Waals surface area contributed by atoms with E-state index >= 15 is 0 Å². The van der Waals surface area contributed by atoms with Gasteiger partial charge in [0.25, 0.3) is 0 Å². The lowest BCUT2D eigenvalue weighted by atomic mass is 9.89. The van der Waals surface area contributed by atoms with Gasteiger partial charge in [0.2, 0.25) is 11.8 Å². The van der Waals surface area contributed by atoms with E-state index in [-0.39, 0.29) is 11.8 Å². The number of rotatable bonds is 4. The van der Waals surface area contributed by atoms with Gasteiger partial charge in [0.15, 0.2) is 0 Å². The van der Waals surface area contributed by atoms with Crippen molar-refractivity contribution >= 4 is 24.4 Å². The lowest BCUT2D eigenvalue weighted by Gasteiger charge is -2.18. The summed E-state index contributed by atoms with van der Waals surface area (Å²) < 4.78 is 5.57. The second kappa shape index (κ2) is 4.66. The fourth-order valence-corrected chi connectivity index (χ4v) is 2.74. The fourth-order valence-electron chi connectivity index (χ4n) is 2.54. The van der Waals surface area contributed by atoms with Crippen LogP contribution in [0.4, 0.5) is 0 Å². The predicted molar refractivity (Wildman–Crippen MR) is 66.6 cm³/mol. The van der Waals surface area contributed by atoms with Gasteiger partial charge in [-0.15, -0.1) is 13.2 Å². The Bertz CT molecular complexity index is 350. The first-order valence-corrected chi connectivity index (χ1v) is 6.15. The quantitative estimate of drug-likeness (QED) is 0.455. The van der Waals surface area contributed by atoms with E-state index in [0.717, 1.165) is 0 Å². The summed E-state index contributed by atoms with van der Waals surface area (Å²) in [7, 11) is 0. The number of hydrogen-bond acceptors (Lipinski definition) is 4. The zero-order chi connectivity index (χ0) is 12.6. The molecule has 2 rings (SSSR count). The highest BCUT2D eigenvalue weighted by Crippen LogP contribution is 2.41. The van der Waals surface area contributed by atoms with Crippen LogP contribution in [0.5, 0.6) is 0 Å². The van der Waals surface area contributed by atoms with Crippen LogP contribution >= 0.6 is 12.6 Å². The summed E-state index contributed by atoms with van der Waals surface area (Å²) in [5.41, 5.74) is 0. The number of nitrogens with zero attached hydrogens (tertiary/aromatic N) is 1. The molecule has 2 saturated heterocycles. The molecule has 2 aliphatic heterocycles. The SMILES string of the molecule is C=CC1OC(C=C)C2C(=O)N(CCS)C(=O)C12. The summed E-state index contributed by atoms with van der Waals surface area (Å²) in [4.78, 5) is 25.5. The van der Waals surface area contributed by atoms with Crippen molar-refractivity contribution in [2.45, 2.75) is 12.2 Å². The van der Waals surface area contributed by atoms with E-state index in [9.17, 15) is 9.59 Å². The van der Waals surface area contributed by atoms with Gasteiger partial charge in [0.1, 0.15) is 0 Å². The number of imide groups is 1. The third-order valence-electron chi connectivity index (χ3n) is 3.30. The van der Waals surface area contributed by atoms with Gasteiger partial charge in [-0.25, -0.2) is 0 Å². The molecule has 0 radical (unpaired) electrons. The fraction of sp³-hybridized carbons (Fsp3) is 0.500. The van der Waals surface area contributed by atoms with Crippen LogP contribution in [-0.4, -0.2) is 41.2 Å². The number of ether oxygens (including phenoxy) is 1. The Morgan fingerprint density at radius 3 is 2.00 bits per heavy atom. The molecule has 0 bridgehead atoms. The van der Waals surface area contributed by atoms with Gasteiger partial charge in [-0.1, -0.05) is 12.2 Å². The maximum atomic E-state index is 12.1. The highest BCUT2D eigenvalue weighted by atomic mass is 32.1. The third-order valence-corrected chi connectivity index (χ3v) is 3.50. The zero-order valence-electron chi connectivity index (χ0n) is 9.41. The van der Waals surface area contributed by atoms with Crippen LogP contribution in [0, 0.1) is 11.8 Å². The van der Waals surface area contributed by atoms with Crippen LogP contribution in [0.2, 0.25) is 0 Å². The number of thiol groups is 1. The normalized spacial score (nSPS) is 36.2. The number of likely N-dealkylation sites (tertiary alicyclic amines) is 1. The molecule has 4 atom stereocenters. The summed E-state index contributed by atoms with van der Waals surface area (Å²) >= 11 is 4.06. The summed E-state index contributed by atoms with van der Waals surface area (Å²) in [5, 5.41) is 0. The van der Waals surface area contributed by atoms with E-state index in [1.54, 1.807) is 12.2 Å². The van der Waals surface area contributed by atoms with Gasteiger partial charge in [0.05, 0.1) is 24.0 Å². The van der Waals surface area contributed by atoms with Crippen molar-refractivity contribution in [2.24, 2.45) is 11.8 Å². The molecule has 0 saturated carbocycles. The molecule has 0 aliphatic carbocycles. The molecule has 5 heteroatoms. The molecule has 4 nitrogen and oxygen atoms in total. The number of carbonyl (C=O) groups excluding carboxylic acids is 2. The standard InChI is InChI=1S/C12H15NO3S/c1-3-7-9-10(8(4-2)16-7)12(15)13(5-6-17)11(9)14/h3-4,7-10,17H,1-2,5-6H2. The van der Waals surface area contributed by atoms with E-state index in [1.807, 2.05) is 0 Å². The van der Waals surface area contributed by atoms with Crippen LogP contribution in [0.3, 0.4) is 0 Å².